The number of rotatable bonds is 4. The molecule has 1 fully saturated rings. The van der Waals surface area contributed by atoms with Crippen LogP contribution in [-0.4, -0.2) is 72.2 Å². The van der Waals surface area contributed by atoms with Crippen LogP contribution >= 0.6 is 0 Å². The fraction of sp³-hybridized carbons (Fsp3) is 0.409. The Kier molecular flexibility index (Phi) is 5.63. The molecular weight excluding hydrogens is 388 g/mol. The van der Waals surface area contributed by atoms with Crippen LogP contribution in [0.1, 0.15) is 17.2 Å². The molecule has 3 aromatic rings. The molecule has 0 spiro atoms. The van der Waals surface area contributed by atoms with Gasteiger partial charge in [0, 0.05) is 7.05 Å². The highest BCUT2D eigenvalue weighted by molar-refractivity contribution is 5.82. The summed E-state index contributed by atoms with van der Waals surface area (Å²) < 4.78 is 7.45. The molecule has 2 heterocycles. The summed E-state index contributed by atoms with van der Waals surface area (Å²) in [6, 6.07) is 11.5. The fourth-order valence-electron chi connectivity index (χ4n) is 4.06. The zero-order valence-corrected chi connectivity index (χ0v) is 16.8. The topological polar surface area (TPSA) is 128 Å². The van der Waals surface area contributed by atoms with Crippen molar-refractivity contribution in [3.8, 4) is 11.1 Å². The second kappa shape index (κ2) is 8.07. The van der Waals surface area contributed by atoms with Crippen LogP contribution in [0.4, 0.5) is 0 Å². The Bertz CT molecular complexity index is 1050. The fourth-order valence-corrected chi connectivity index (χ4v) is 4.06. The number of ether oxygens (including phenoxy) is 1. The van der Waals surface area contributed by atoms with Crippen molar-refractivity contribution >= 4 is 11.0 Å². The van der Waals surface area contributed by atoms with E-state index in [1.807, 2.05) is 48.9 Å². The van der Waals surface area contributed by atoms with Gasteiger partial charge in [-0.2, -0.15) is 0 Å². The van der Waals surface area contributed by atoms with Gasteiger partial charge >= 0.3 is 0 Å². The summed E-state index contributed by atoms with van der Waals surface area (Å²) in [6.07, 6.45) is -6.21. The molecule has 1 aromatic heterocycles. The molecule has 3 unspecified atom stereocenters. The molecule has 6 atom stereocenters. The first-order valence-electron chi connectivity index (χ1n) is 9.82. The summed E-state index contributed by atoms with van der Waals surface area (Å²) in [6.45, 7) is 1.30. The third-order valence-corrected chi connectivity index (χ3v) is 5.89. The first-order chi connectivity index (χ1) is 14.3. The summed E-state index contributed by atoms with van der Waals surface area (Å²) in [5.41, 5.74) is 5.19. The van der Waals surface area contributed by atoms with Gasteiger partial charge in [0.2, 0.25) is 0 Å². The summed E-state index contributed by atoms with van der Waals surface area (Å²) in [5.74, 6) is 0. The van der Waals surface area contributed by atoms with Crippen molar-refractivity contribution in [3.63, 3.8) is 0 Å². The maximum absolute atomic E-state index is 10.9. The van der Waals surface area contributed by atoms with E-state index in [0.29, 0.717) is 5.56 Å². The summed E-state index contributed by atoms with van der Waals surface area (Å²) >= 11 is 0. The van der Waals surface area contributed by atoms with Crippen LogP contribution in [0.2, 0.25) is 0 Å². The van der Waals surface area contributed by atoms with E-state index in [1.54, 1.807) is 12.4 Å². The lowest BCUT2D eigenvalue weighted by Gasteiger charge is -2.42. The Balaban J connectivity index is 1.63. The summed E-state index contributed by atoms with van der Waals surface area (Å²) in [5, 5.41) is 50.5. The van der Waals surface area contributed by atoms with Gasteiger partial charge in [0.1, 0.15) is 36.6 Å². The number of hydrogen-bond donors (Lipinski definition) is 5. The molecule has 0 saturated carbocycles. The predicted molar refractivity (Wildman–Crippen MR) is 110 cm³/mol. The van der Waals surface area contributed by atoms with Crippen molar-refractivity contribution in [1.29, 1.82) is 0 Å². The van der Waals surface area contributed by atoms with Gasteiger partial charge in [-0.15, -0.1) is 0 Å². The molecule has 1 aliphatic heterocycles. The second-order valence-electron chi connectivity index (χ2n) is 7.87. The van der Waals surface area contributed by atoms with Gasteiger partial charge in [-0.05, 0) is 41.3 Å². The molecular formula is C22H26N2O6. The van der Waals surface area contributed by atoms with Crippen LogP contribution in [-0.2, 0) is 11.8 Å². The van der Waals surface area contributed by atoms with Gasteiger partial charge in [-0.3, -0.25) is 0 Å². The molecule has 30 heavy (non-hydrogen) atoms. The highest BCUT2D eigenvalue weighted by Crippen LogP contribution is 2.33. The van der Waals surface area contributed by atoms with E-state index < -0.39 is 43.2 Å². The summed E-state index contributed by atoms with van der Waals surface area (Å²) in [7, 11) is 1.93. The minimum atomic E-state index is -1.53. The van der Waals surface area contributed by atoms with E-state index in [9.17, 15) is 25.5 Å². The number of imidazole rings is 1. The number of fused-ring (bicyclic) bond motifs is 1. The number of nitrogens with zero attached hydrogens (tertiary/aromatic N) is 2. The van der Waals surface area contributed by atoms with Crippen LogP contribution < -0.4 is 0 Å². The first kappa shape index (κ1) is 20.9. The Morgan fingerprint density at radius 3 is 2.43 bits per heavy atom. The first-order valence-corrected chi connectivity index (χ1v) is 9.82. The lowest BCUT2D eigenvalue weighted by Crippen LogP contribution is -2.59. The molecule has 0 aliphatic carbocycles. The third kappa shape index (κ3) is 3.51. The predicted octanol–water partition coefficient (Wildman–Crippen LogP) is 0.425. The van der Waals surface area contributed by atoms with Crippen LogP contribution in [0.25, 0.3) is 22.2 Å². The number of hydrogen-bond acceptors (Lipinski definition) is 7. The van der Waals surface area contributed by atoms with Crippen molar-refractivity contribution in [3.05, 3.63) is 53.9 Å². The maximum Gasteiger partial charge on any atom is 0.117 e. The highest BCUT2D eigenvalue weighted by Gasteiger charge is 2.46. The molecule has 5 N–H and O–H groups in total. The molecule has 8 nitrogen and oxygen atoms in total. The van der Waals surface area contributed by atoms with Gasteiger partial charge < -0.3 is 34.8 Å². The molecule has 0 bridgehead atoms. The SMILES string of the molecule is Cc1cc(-c2ccc3ncn(C)c3c2)ccc1[C@@H](O)[C@H]1OC(CO)[C@@H](O)C(O)C1O. The van der Waals surface area contributed by atoms with Gasteiger partial charge in [-0.25, -0.2) is 4.98 Å². The monoisotopic (exact) mass is 414 g/mol. The minimum absolute atomic E-state index is 0.532. The van der Waals surface area contributed by atoms with Crippen molar-refractivity contribution in [2.24, 2.45) is 7.05 Å². The van der Waals surface area contributed by atoms with Gasteiger partial charge in [0.25, 0.3) is 0 Å². The van der Waals surface area contributed by atoms with E-state index in [-0.39, 0.29) is 0 Å². The normalized spacial score (nSPS) is 28.0. The van der Waals surface area contributed by atoms with Gasteiger partial charge in [-0.1, -0.05) is 24.3 Å². The average molecular weight is 414 g/mol. The zero-order valence-electron chi connectivity index (χ0n) is 16.8. The Morgan fingerprint density at radius 2 is 1.73 bits per heavy atom. The molecule has 0 radical (unpaired) electrons. The average Bonchev–Trinajstić information content (AvgIpc) is 3.12. The van der Waals surface area contributed by atoms with E-state index in [1.165, 1.54) is 0 Å². The van der Waals surface area contributed by atoms with Crippen LogP contribution in [0.5, 0.6) is 0 Å². The van der Waals surface area contributed by atoms with Gasteiger partial charge in [0.05, 0.1) is 24.0 Å². The minimum Gasteiger partial charge on any atom is -0.394 e. The molecule has 1 aliphatic rings. The second-order valence-corrected chi connectivity index (χ2v) is 7.87. The molecule has 0 amide bonds. The van der Waals surface area contributed by atoms with Crippen molar-refractivity contribution < 1.29 is 30.3 Å². The molecule has 4 rings (SSSR count). The Morgan fingerprint density at radius 1 is 1.03 bits per heavy atom. The third-order valence-electron chi connectivity index (χ3n) is 5.89. The van der Waals surface area contributed by atoms with Crippen LogP contribution in [0.3, 0.4) is 0 Å². The number of aromatic nitrogens is 2. The summed E-state index contributed by atoms with van der Waals surface area (Å²) in [4.78, 5) is 4.33. The van der Waals surface area contributed by atoms with E-state index in [4.69, 9.17) is 4.74 Å². The van der Waals surface area contributed by atoms with Crippen molar-refractivity contribution in [2.75, 3.05) is 6.61 Å². The molecule has 1 saturated heterocycles. The van der Waals surface area contributed by atoms with E-state index in [2.05, 4.69) is 4.98 Å². The van der Waals surface area contributed by atoms with Crippen molar-refractivity contribution in [2.45, 2.75) is 43.5 Å². The standard InChI is InChI=1S/C22H26N2O6/c1-11-7-12(13-4-6-15-16(8-13)24(2)10-23-15)3-5-14(11)18(26)22-21(29)20(28)19(27)17(9-25)30-22/h3-8,10,17-22,25-29H,9H2,1-2H3/t17?,18-,19-,20?,21?,22-/m1/s1. The van der Waals surface area contributed by atoms with E-state index >= 15 is 0 Å². The quantitative estimate of drug-likeness (QED) is 0.419. The highest BCUT2D eigenvalue weighted by atomic mass is 16.6. The number of aryl methyl sites for hydroxylation is 2. The van der Waals surface area contributed by atoms with Crippen LogP contribution in [0, 0.1) is 6.92 Å². The smallest absolute Gasteiger partial charge is 0.117 e. The molecule has 2 aromatic carbocycles. The molecule has 8 heteroatoms. The molecule has 160 valence electrons. The maximum atomic E-state index is 10.9. The number of aliphatic hydroxyl groups excluding tert-OH is 5. The lowest BCUT2D eigenvalue weighted by atomic mass is 9.88. The largest absolute Gasteiger partial charge is 0.394 e. The zero-order chi connectivity index (χ0) is 21.6. The number of aliphatic hydroxyl groups is 5. The van der Waals surface area contributed by atoms with Gasteiger partial charge in [0.15, 0.2) is 0 Å². The Hall–Kier alpha value is -2.33. The number of benzene rings is 2. The lowest BCUT2D eigenvalue weighted by molar-refractivity contribution is -0.250. The van der Waals surface area contributed by atoms with Crippen molar-refractivity contribution in [1.82, 2.24) is 9.55 Å². The van der Waals surface area contributed by atoms with E-state index in [0.717, 1.165) is 27.7 Å². The van der Waals surface area contributed by atoms with Crippen LogP contribution in [0.15, 0.2) is 42.7 Å². The Labute approximate surface area is 173 Å².